The molecule has 0 bridgehead atoms. The van der Waals surface area contributed by atoms with Gasteiger partial charge in [0, 0.05) is 6.42 Å². The first-order chi connectivity index (χ1) is 10.4. The average Bonchev–Trinajstić information content (AvgIpc) is 2.72. The van der Waals surface area contributed by atoms with Crippen LogP contribution in [0.15, 0.2) is 30.4 Å². The molecule has 1 saturated carbocycles. The SMILES string of the molecule is C=C1CCC(N2C(=O)c3cccc(C(C)C)c3C2=O)C(=O)C1. The largest absolute Gasteiger partial charge is 0.297 e. The Hall–Kier alpha value is -2.23. The lowest BCUT2D eigenvalue weighted by molar-refractivity contribution is -0.123. The molecule has 1 aromatic rings. The molecule has 1 unspecified atom stereocenters. The maximum atomic E-state index is 12.8. The topological polar surface area (TPSA) is 54.5 Å². The lowest BCUT2D eigenvalue weighted by atomic mass is 9.89. The third-order valence-electron chi connectivity index (χ3n) is 4.48. The second-order valence-corrected chi connectivity index (χ2v) is 6.35. The van der Waals surface area contributed by atoms with Crippen molar-refractivity contribution in [2.75, 3.05) is 0 Å². The zero-order chi connectivity index (χ0) is 16.0. The number of carbonyl (C=O) groups is 3. The van der Waals surface area contributed by atoms with Crippen LogP contribution in [0.25, 0.3) is 0 Å². The summed E-state index contributed by atoms with van der Waals surface area (Å²) in [5.74, 6) is -0.603. The van der Waals surface area contributed by atoms with Gasteiger partial charge in [0.1, 0.15) is 0 Å². The zero-order valence-electron chi connectivity index (χ0n) is 12.9. The number of imide groups is 1. The van der Waals surface area contributed by atoms with E-state index in [-0.39, 0.29) is 29.9 Å². The number of benzene rings is 1. The molecule has 2 aliphatic rings. The highest BCUT2D eigenvalue weighted by Gasteiger charge is 2.44. The number of hydrogen-bond acceptors (Lipinski definition) is 3. The molecular weight excluding hydrogens is 278 g/mol. The highest BCUT2D eigenvalue weighted by Crippen LogP contribution is 2.34. The van der Waals surface area contributed by atoms with Gasteiger partial charge in [-0.3, -0.25) is 19.3 Å². The summed E-state index contributed by atoms with van der Waals surface area (Å²) in [6, 6.07) is 4.71. The van der Waals surface area contributed by atoms with Crippen molar-refractivity contribution in [3.63, 3.8) is 0 Å². The number of allylic oxidation sites excluding steroid dienone is 1. The van der Waals surface area contributed by atoms with Gasteiger partial charge in [0.15, 0.2) is 5.78 Å². The van der Waals surface area contributed by atoms with Gasteiger partial charge in [-0.15, -0.1) is 0 Å². The van der Waals surface area contributed by atoms with E-state index in [0.29, 0.717) is 24.0 Å². The summed E-state index contributed by atoms with van der Waals surface area (Å²) in [6.45, 7) is 7.81. The Morgan fingerprint density at radius 2 is 1.91 bits per heavy atom. The Morgan fingerprint density at radius 1 is 1.18 bits per heavy atom. The van der Waals surface area contributed by atoms with Crippen LogP contribution in [0.4, 0.5) is 0 Å². The molecule has 4 nitrogen and oxygen atoms in total. The van der Waals surface area contributed by atoms with Crippen molar-refractivity contribution in [1.29, 1.82) is 0 Å². The summed E-state index contributed by atoms with van der Waals surface area (Å²) in [4.78, 5) is 38.8. The van der Waals surface area contributed by atoms with Crippen LogP contribution < -0.4 is 0 Å². The second-order valence-electron chi connectivity index (χ2n) is 6.35. The first-order valence-corrected chi connectivity index (χ1v) is 7.62. The molecule has 1 aliphatic carbocycles. The molecule has 0 saturated heterocycles. The first kappa shape index (κ1) is 14.7. The van der Waals surface area contributed by atoms with Crippen molar-refractivity contribution < 1.29 is 14.4 Å². The lowest BCUT2D eigenvalue weighted by Crippen LogP contribution is -2.46. The number of ketones is 1. The minimum atomic E-state index is -0.641. The Morgan fingerprint density at radius 3 is 2.55 bits per heavy atom. The van der Waals surface area contributed by atoms with Gasteiger partial charge >= 0.3 is 0 Å². The van der Waals surface area contributed by atoms with E-state index in [2.05, 4.69) is 6.58 Å². The Kier molecular flexibility index (Phi) is 3.47. The van der Waals surface area contributed by atoms with Gasteiger partial charge in [-0.05, 0) is 30.4 Å². The van der Waals surface area contributed by atoms with Gasteiger partial charge < -0.3 is 0 Å². The van der Waals surface area contributed by atoms with E-state index >= 15 is 0 Å². The number of rotatable bonds is 2. The summed E-state index contributed by atoms with van der Waals surface area (Å²) in [7, 11) is 0. The van der Waals surface area contributed by atoms with Crippen LogP contribution in [-0.4, -0.2) is 28.5 Å². The molecule has 0 radical (unpaired) electrons. The molecule has 1 aromatic carbocycles. The number of fused-ring (bicyclic) bond motifs is 1. The van der Waals surface area contributed by atoms with E-state index in [1.807, 2.05) is 19.9 Å². The predicted molar refractivity (Wildman–Crippen MR) is 82.8 cm³/mol. The molecule has 0 aromatic heterocycles. The van der Waals surface area contributed by atoms with Gasteiger partial charge in [0.2, 0.25) is 0 Å². The van der Waals surface area contributed by atoms with E-state index < -0.39 is 6.04 Å². The Bertz CT molecular complexity index is 702. The van der Waals surface area contributed by atoms with E-state index in [0.717, 1.165) is 11.1 Å². The van der Waals surface area contributed by atoms with Crippen LogP contribution in [0, 0.1) is 0 Å². The maximum Gasteiger partial charge on any atom is 0.262 e. The number of carbonyl (C=O) groups excluding carboxylic acids is 3. The van der Waals surface area contributed by atoms with Gasteiger partial charge in [-0.25, -0.2) is 0 Å². The Labute approximate surface area is 129 Å². The van der Waals surface area contributed by atoms with Crippen LogP contribution in [0.5, 0.6) is 0 Å². The van der Waals surface area contributed by atoms with E-state index in [1.165, 1.54) is 4.90 Å². The number of nitrogens with zero attached hydrogens (tertiary/aromatic N) is 1. The fourth-order valence-corrected chi connectivity index (χ4v) is 3.32. The minimum absolute atomic E-state index is 0.0862. The van der Waals surface area contributed by atoms with Gasteiger partial charge in [0.25, 0.3) is 11.8 Å². The van der Waals surface area contributed by atoms with Crippen molar-refractivity contribution >= 4 is 17.6 Å². The third kappa shape index (κ3) is 2.10. The normalized spacial score (nSPS) is 21.8. The van der Waals surface area contributed by atoms with E-state index in [4.69, 9.17) is 0 Å². The summed E-state index contributed by atoms with van der Waals surface area (Å²) < 4.78 is 0. The summed E-state index contributed by atoms with van der Waals surface area (Å²) >= 11 is 0. The van der Waals surface area contributed by atoms with E-state index in [1.54, 1.807) is 12.1 Å². The summed E-state index contributed by atoms with van der Waals surface area (Å²) in [6.07, 6.45) is 1.43. The fraction of sp³-hybridized carbons (Fsp3) is 0.389. The van der Waals surface area contributed by atoms with Crippen molar-refractivity contribution in [1.82, 2.24) is 4.90 Å². The van der Waals surface area contributed by atoms with Crippen molar-refractivity contribution in [2.45, 2.75) is 45.1 Å². The van der Waals surface area contributed by atoms with Crippen LogP contribution >= 0.6 is 0 Å². The van der Waals surface area contributed by atoms with Crippen LogP contribution in [0.3, 0.4) is 0 Å². The summed E-state index contributed by atoms with van der Waals surface area (Å²) in [5.41, 5.74) is 2.64. The van der Waals surface area contributed by atoms with Gasteiger partial charge in [-0.2, -0.15) is 0 Å². The monoisotopic (exact) mass is 297 g/mol. The lowest BCUT2D eigenvalue weighted by Gasteiger charge is -2.29. The van der Waals surface area contributed by atoms with Crippen LogP contribution in [-0.2, 0) is 4.79 Å². The molecule has 0 spiro atoms. The smallest absolute Gasteiger partial charge is 0.262 e. The van der Waals surface area contributed by atoms with Crippen molar-refractivity contribution in [2.24, 2.45) is 0 Å². The molecule has 4 heteroatoms. The number of Topliss-reactive ketones (excluding diaryl/α,β-unsaturated/α-hetero) is 1. The molecule has 1 heterocycles. The zero-order valence-corrected chi connectivity index (χ0v) is 12.9. The van der Waals surface area contributed by atoms with Crippen molar-refractivity contribution in [3.8, 4) is 0 Å². The minimum Gasteiger partial charge on any atom is -0.297 e. The average molecular weight is 297 g/mol. The van der Waals surface area contributed by atoms with Gasteiger partial charge in [-0.1, -0.05) is 38.1 Å². The number of amides is 2. The molecule has 0 N–H and O–H groups in total. The van der Waals surface area contributed by atoms with Crippen LogP contribution in [0.2, 0.25) is 0 Å². The molecule has 22 heavy (non-hydrogen) atoms. The van der Waals surface area contributed by atoms with Crippen LogP contribution in [0.1, 0.15) is 65.3 Å². The molecule has 2 amide bonds. The van der Waals surface area contributed by atoms with Gasteiger partial charge in [0.05, 0.1) is 17.2 Å². The molecule has 1 aliphatic heterocycles. The Balaban J connectivity index is 2.02. The van der Waals surface area contributed by atoms with E-state index in [9.17, 15) is 14.4 Å². The first-order valence-electron chi connectivity index (χ1n) is 7.62. The molecule has 1 atom stereocenters. The summed E-state index contributed by atoms with van der Waals surface area (Å²) in [5, 5.41) is 0. The molecular formula is C18H19NO3. The fourth-order valence-electron chi connectivity index (χ4n) is 3.32. The molecule has 114 valence electrons. The predicted octanol–water partition coefficient (Wildman–Crippen LogP) is 3.08. The quantitative estimate of drug-likeness (QED) is 0.622. The van der Waals surface area contributed by atoms with Crippen molar-refractivity contribution in [3.05, 3.63) is 47.0 Å². The number of hydrogen-bond donors (Lipinski definition) is 0. The highest BCUT2D eigenvalue weighted by atomic mass is 16.2. The molecule has 1 fully saturated rings. The highest BCUT2D eigenvalue weighted by molar-refractivity contribution is 6.23. The second kappa shape index (κ2) is 5.20. The molecule has 3 rings (SSSR count). The standard InChI is InChI=1S/C18H19NO3/c1-10(2)12-5-4-6-13-16(12)18(22)19(17(13)21)14-8-7-11(3)9-15(14)20/h4-6,10,14H,3,7-9H2,1-2H3. The maximum absolute atomic E-state index is 12.8. The third-order valence-corrected chi connectivity index (χ3v) is 4.48.